The van der Waals surface area contributed by atoms with Crippen LogP contribution in [0.3, 0.4) is 0 Å². The molecule has 0 saturated heterocycles. The fourth-order valence-corrected chi connectivity index (χ4v) is 9.24. The van der Waals surface area contributed by atoms with E-state index < -0.39 is 0 Å². The summed E-state index contributed by atoms with van der Waals surface area (Å²) in [6.07, 6.45) is 19.5. The third kappa shape index (κ3) is 6.56. The molecule has 0 atom stereocenters. The minimum absolute atomic E-state index is 0.414. The van der Waals surface area contributed by atoms with E-state index in [1.165, 1.54) is 97.2 Å². The van der Waals surface area contributed by atoms with Gasteiger partial charge >= 0.3 is 0 Å². The number of ether oxygens (including phenoxy) is 1. The number of pyridine rings is 1. The molecule has 0 spiro atoms. The molecule has 2 fully saturated rings. The number of para-hydroxylation sites is 1. The first kappa shape index (κ1) is 33.7. The van der Waals surface area contributed by atoms with Crippen molar-refractivity contribution in [2.75, 3.05) is 0 Å². The summed E-state index contributed by atoms with van der Waals surface area (Å²) < 4.78 is 10.9. The number of benzene rings is 4. The van der Waals surface area contributed by atoms with Crippen LogP contribution in [0.15, 0.2) is 110 Å². The number of nitrogens with zero attached hydrogens (tertiary/aromatic N) is 4. The highest BCUT2D eigenvalue weighted by Crippen LogP contribution is 2.45. The molecule has 53 heavy (non-hydrogen) atoms. The van der Waals surface area contributed by atoms with Gasteiger partial charge in [0.2, 0.25) is 0 Å². The highest BCUT2D eigenvalue weighted by Gasteiger charge is 2.27. The maximum atomic E-state index is 6.62. The van der Waals surface area contributed by atoms with Crippen LogP contribution in [0.4, 0.5) is 0 Å². The normalized spacial score (nSPS) is 15.8. The van der Waals surface area contributed by atoms with Crippen molar-refractivity contribution in [3.63, 3.8) is 0 Å². The zero-order valence-corrected chi connectivity index (χ0v) is 31.4. The van der Waals surface area contributed by atoms with Gasteiger partial charge in [-0.3, -0.25) is 4.57 Å². The number of fused-ring (bicyclic) bond motifs is 3. The van der Waals surface area contributed by atoms with Gasteiger partial charge < -0.3 is 4.74 Å². The quantitative estimate of drug-likeness (QED) is 0.159. The number of rotatable bonds is 8. The van der Waals surface area contributed by atoms with Gasteiger partial charge in [-0.05, 0) is 115 Å². The Morgan fingerprint density at radius 1 is 0.679 bits per heavy atom. The first-order valence-electron chi connectivity index (χ1n) is 20.0. The van der Waals surface area contributed by atoms with Crippen LogP contribution in [0.25, 0.3) is 44.4 Å². The molecule has 0 amide bonds. The molecule has 0 radical (unpaired) electrons. The average molecular weight is 699 g/mol. The van der Waals surface area contributed by atoms with Crippen molar-refractivity contribution in [3.8, 4) is 34.1 Å². The maximum Gasteiger partial charge on any atom is 0.137 e. The van der Waals surface area contributed by atoms with Crippen LogP contribution in [0.2, 0.25) is 0 Å². The average Bonchev–Trinajstić information content (AvgIpc) is 3.82. The zero-order valence-electron chi connectivity index (χ0n) is 31.4. The molecular formula is C48H50N4O. The predicted molar refractivity (Wildman–Crippen MR) is 218 cm³/mol. The molecule has 4 aromatic carbocycles. The Morgan fingerprint density at radius 3 is 2.11 bits per heavy atom. The lowest BCUT2D eigenvalue weighted by Crippen LogP contribution is -2.11. The lowest BCUT2D eigenvalue weighted by molar-refractivity contribution is 0.436. The Labute approximate surface area is 313 Å². The summed E-state index contributed by atoms with van der Waals surface area (Å²) in [5.41, 5.74) is 11.7. The molecule has 0 N–H and O–H groups in total. The van der Waals surface area contributed by atoms with Gasteiger partial charge in [0, 0.05) is 40.9 Å². The monoisotopic (exact) mass is 698 g/mol. The molecule has 7 aromatic rings. The van der Waals surface area contributed by atoms with Crippen molar-refractivity contribution in [1.29, 1.82) is 0 Å². The molecule has 2 aliphatic carbocycles. The molecule has 0 bridgehead atoms. The fourth-order valence-electron chi connectivity index (χ4n) is 9.24. The van der Waals surface area contributed by atoms with Crippen LogP contribution in [0.1, 0.15) is 118 Å². The topological polar surface area (TPSA) is 44.9 Å². The van der Waals surface area contributed by atoms with E-state index in [1.807, 2.05) is 16.9 Å². The Morgan fingerprint density at radius 2 is 1.38 bits per heavy atom. The summed E-state index contributed by atoms with van der Waals surface area (Å²) in [7, 11) is 0. The Balaban J connectivity index is 1.06. The van der Waals surface area contributed by atoms with E-state index in [9.17, 15) is 0 Å². The maximum absolute atomic E-state index is 6.62. The summed E-state index contributed by atoms with van der Waals surface area (Å²) in [5, 5.41) is 7.37. The van der Waals surface area contributed by atoms with Gasteiger partial charge in [0.15, 0.2) is 0 Å². The molecule has 0 unspecified atom stereocenters. The Hall–Kier alpha value is -5.16. The number of aromatic nitrogens is 4. The molecule has 3 aromatic heterocycles. The lowest BCUT2D eigenvalue weighted by atomic mass is 9.75. The van der Waals surface area contributed by atoms with Gasteiger partial charge in [-0.2, -0.15) is 5.10 Å². The van der Waals surface area contributed by atoms with Crippen LogP contribution < -0.4 is 4.74 Å². The van der Waals surface area contributed by atoms with Gasteiger partial charge in [0.1, 0.15) is 17.3 Å². The standard InChI is InChI=1S/C48H50N4O/c1-32(2)36-23-24-49-47(27-36)52-45-20-11-10-19-41(45)42-22-21-40(29-46(42)52)53-39-18-12-17-38(28-39)51-31-37(30-50-51)48-43(34-13-6-4-7-14-34)25-33(3)26-44(48)35-15-8-5-9-16-35/h10-12,17-32,34-35H,4-9,13-16H2,1-3H3. The van der Waals surface area contributed by atoms with E-state index in [4.69, 9.17) is 14.8 Å². The van der Waals surface area contributed by atoms with Crippen molar-refractivity contribution < 1.29 is 4.74 Å². The van der Waals surface area contributed by atoms with Gasteiger partial charge in [0.25, 0.3) is 0 Å². The van der Waals surface area contributed by atoms with E-state index in [0.29, 0.717) is 17.8 Å². The zero-order chi connectivity index (χ0) is 35.9. The van der Waals surface area contributed by atoms with Crippen molar-refractivity contribution in [1.82, 2.24) is 19.3 Å². The highest BCUT2D eigenvalue weighted by molar-refractivity contribution is 6.09. The summed E-state index contributed by atoms with van der Waals surface area (Å²) in [6, 6.07) is 32.6. The third-order valence-electron chi connectivity index (χ3n) is 11.9. The Kier molecular flexibility index (Phi) is 9.11. The molecule has 5 heteroatoms. The van der Waals surface area contributed by atoms with Gasteiger partial charge in [-0.25, -0.2) is 9.67 Å². The van der Waals surface area contributed by atoms with E-state index >= 15 is 0 Å². The van der Waals surface area contributed by atoms with Gasteiger partial charge in [0.05, 0.1) is 22.9 Å². The predicted octanol–water partition coefficient (Wildman–Crippen LogP) is 13.4. The van der Waals surface area contributed by atoms with Crippen LogP contribution >= 0.6 is 0 Å². The van der Waals surface area contributed by atoms with Crippen LogP contribution in [0, 0.1) is 6.92 Å². The molecule has 2 saturated carbocycles. The summed E-state index contributed by atoms with van der Waals surface area (Å²) in [4.78, 5) is 4.83. The molecular weight excluding hydrogens is 649 g/mol. The van der Waals surface area contributed by atoms with E-state index in [2.05, 4.69) is 123 Å². The Bertz CT molecular complexity index is 2360. The van der Waals surface area contributed by atoms with E-state index in [1.54, 1.807) is 11.1 Å². The molecule has 9 rings (SSSR count). The summed E-state index contributed by atoms with van der Waals surface area (Å²) >= 11 is 0. The van der Waals surface area contributed by atoms with Crippen LogP contribution in [-0.4, -0.2) is 19.3 Å². The van der Waals surface area contributed by atoms with Crippen LogP contribution in [0.5, 0.6) is 11.5 Å². The molecule has 5 nitrogen and oxygen atoms in total. The van der Waals surface area contributed by atoms with Crippen molar-refractivity contribution >= 4 is 21.8 Å². The van der Waals surface area contributed by atoms with Gasteiger partial charge in [-0.15, -0.1) is 0 Å². The van der Waals surface area contributed by atoms with Crippen molar-refractivity contribution in [3.05, 3.63) is 132 Å². The number of hydrogen-bond donors (Lipinski definition) is 0. The number of aryl methyl sites for hydroxylation is 1. The van der Waals surface area contributed by atoms with Crippen molar-refractivity contribution in [2.24, 2.45) is 0 Å². The second-order valence-corrected chi connectivity index (χ2v) is 15.9. The van der Waals surface area contributed by atoms with E-state index in [0.717, 1.165) is 34.0 Å². The van der Waals surface area contributed by atoms with E-state index in [-0.39, 0.29) is 0 Å². The number of hydrogen-bond acceptors (Lipinski definition) is 3. The largest absolute Gasteiger partial charge is 0.457 e. The van der Waals surface area contributed by atoms with Gasteiger partial charge in [-0.1, -0.05) is 94.3 Å². The molecule has 268 valence electrons. The minimum Gasteiger partial charge on any atom is -0.457 e. The second-order valence-electron chi connectivity index (χ2n) is 15.9. The smallest absolute Gasteiger partial charge is 0.137 e. The fraction of sp³-hybridized carbons (Fsp3) is 0.333. The third-order valence-corrected chi connectivity index (χ3v) is 11.9. The second kappa shape index (κ2) is 14.3. The summed E-state index contributed by atoms with van der Waals surface area (Å²) in [6.45, 7) is 6.75. The minimum atomic E-state index is 0.414. The van der Waals surface area contributed by atoms with Crippen LogP contribution in [-0.2, 0) is 0 Å². The SMILES string of the molecule is Cc1cc(C2CCCCC2)c(-c2cnn(-c3cccc(Oc4ccc5c6ccccc6n(-c6cc(C(C)C)ccn6)c5c4)c3)c2)c(C2CCCCC2)c1. The van der Waals surface area contributed by atoms with Crippen molar-refractivity contribution in [2.45, 2.75) is 103 Å². The first-order chi connectivity index (χ1) is 26.0. The molecule has 3 heterocycles. The lowest BCUT2D eigenvalue weighted by Gasteiger charge is -2.30. The highest BCUT2D eigenvalue weighted by atomic mass is 16.5. The molecule has 0 aliphatic heterocycles. The first-order valence-corrected chi connectivity index (χ1v) is 20.0. The molecule has 2 aliphatic rings. The summed E-state index contributed by atoms with van der Waals surface area (Å²) in [5.74, 6) is 4.16.